The molecular weight excluding hydrogens is 374 g/mol. The van der Waals surface area contributed by atoms with E-state index in [0.29, 0.717) is 18.1 Å². The molecule has 2 amide bonds. The van der Waals surface area contributed by atoms with Crippen molar-refractivity contribution in [3.05, 3.63) is 35.9 Å². The second-order valence-electron chi connectivity index (χ2n) is 7.30. The van der Waals surface area contributed by atoms with Crippen molar-refractivity contribution in [3.63, 3.8) is 0 Å². The van der Waals surface area contributed by atoms with Gasteiger partial charge in [0.1, 0.15) is 0 Å². The van der Waals surface area contributed by atoms with E-state index < -0.39 is 0 Å². The molecule has 7 nitrogen and oxygen atoms in total. The van der Waals surface area contributed by atoms with Gasteiger partial charge in [0.05, 0.1) is 0 Å². The second kappa shape index (κ2) is 8.68. The van der Waals surface area contributed by atoms with Gasteiger partial charge in [0.15, 0.2) is 0 Å². The third-order valence-corrected chi connectivity index (χ3v) is 6.41. The van der Waals surface area contributed by atoms with E-state index >= 15 is 0 Å². The molecular formula is C20H25N5O2S. The van der Waals surface area contributed by atoms with Crippen LogP contribution in [-0.2, 0) is 16.0 Å². The SMILES string of the molecule is O=C(NCCc1ccccc1)C1CCN(c2nnc(N3CCCC3=O)s2)CC1. The molecule has 1 aromatic heterocycles. The Balaban J connectivity index is 1.23. The maximum atomic E-state index is 12.4. The fourth-order valence-corrected chi connectivity index (χ4v) is 4.69. The van der Waals surface area contributed by atoms with Crippen molar-refractivity contribution in [2.24, 2.45) is 5.92 Å². The summed E-state index contributed by atoms with van der Waals surface area (Å²) in [4.78, 5) is 28.2. The molecule has 28 heavy (non-hydrogen) atoms. The molecule has 0 bridgehead atoms. The predicted molar refractivity (Wildman–Crippen MR) is 110 cm³/mol. The van der Waals surface area contributed by atoms with Gasteiger partial charge in [-0.1, -0.05) is 41.7 Å². The Hall–Kier alpha value is -2.48. The van der Waals surface area contributed by atoms with Crippen LogP contribution >= 0.6 is 11.3 Å². The first kappa shape index (κ1) is 18.9. The number of carbonyl (C=O) groups excluding carboxylic acids is 2. The van der Waals surface area contributed by atoms with Crippen molar-refractivity contribution in [1.82, 2.24) is 15.5 Å². The molecule has 148 valence electrons. The number of anilines is 2. The van der Waals surface area contributed by atoms with Crippen molar-refractivity contribution in [2.45, 2.75) is 32.1 Å². The lowest BCUT2D eigenvalue weighted by atomic mass is 9.96. The Morgan fingerprint density at radius 1 is 1.11 bits per heavy atom. The summed E-state index contributed by atoms with van der Waals surface area (Å²) in [5.41, 5.74) is 1.24. The largest absolute Gasteiger partial charge is 0.356 e. The van der Waals surface area contributed by atoms with Crippen LogP contribution < -0.4 is 15.1 Å². The zero-order chi connectivity index (χ0) is 19.3. The predicted octanol–water partition coefficient (Wildman–Crippen LogP) is 2.24. The highest BCUT2D eigenvalue weighted by Crippen LogP contribution is 2.32. The summed E-state index contributed by atoms with van der Waals surface area (Å²) in [5.74, 6) is 0.337. The Morgan fingerprint density at radius 3 is 2.57 bits per heavy atom. The molecule has 0 unspecified atom stereocenters. The van der Waals surface area contributed by atoms with Crippen LogP contribution in [0.1, 0.15) is 31.2 Å². The molecule has 1 N–H and O–H groups in total. The van der Waals surface area contributed by atoms with E-state index in [1.54, 1.807) is 4.90 Å². The molecule has 8 heteroatoms. The maximum absolute atomic E-state index is 12.4. The highest BCUT2D eigenvalue weighted by molar-refractivity contribution is 7.19. The average molecular weight is 400 g/mol. The quantitative estimate of drug-likeness (QED) is 0.806. The number of carbonyl (C=O) groups is 2. The molecule has 2 aliphatic rings. The summed E-state index contributed by atoms with van der Waals surface area (Å²) in [7, 11) is 0. The van der Waals surface area contributed by atoms with Gasteiger partial charge >= 0.3 is 0 Å². The molecule has 0 atom stereocenters. The number of hydrogen-bond acceptors (Lipinski definition) is 6. The molecule has 0 spiro atoms. The Bertz CT molecular complexity index is 817. The molecule has 1 aromatic carbocycles. The summed E-state index contributed by atoms with van der Waals surface area (Å²) in [6, 6.07) is 10.2. The monoisotopic (exact) mass is 399 g/mol. The van der Waals surface area contributed by atoms with E-state index in [0.717, 1.165) is 50.4 Å². The van der Waals surface area contributed by atoms with Gasteiger partial charge in [-0.2, -0.15) is 0 Å². The van der Waals surface area contributed by atoms with Gasteiger partial charge in [0.2, 0.25) is 22.1 Å². The van der Waals surface area contributed by atoms with Gasteiger partial charge in [-0.3, -0.25) is 14.5 Å². The third kappa shape index (κ3) is 4.32. The van der Waals surface area contributed by atoms with Gasteiger partial charge < -0.3 is 10.2 Å². The first-order valence-corrected chi connectivity index (χ1v) is 10.7. The average Bonchev–Trinajstić information content (AvgIpc) is 3.38. The lowest BCUT2D eigenvalue weighted by molar-refractivity contribution is -0.125. The standard InChI is InChI=1S/C20H25N5O2S/c26-17-7-4-12-25(17)20-23-22-19(28-20)24-13-9-16(10-14-24)18(27)21-11-8-15-5-2-1-3-6-15/h1-3,5-6,16H,4,7-14H2,(H,21,27). The van der Waals surface area contributed by atoms with Crippen LogP contribution in [-0.4, -0.2) is 48.2 Å². The topological polar surface area (TPSA) is 78.4 Å². The summed E-state index contributed by atoms with van der Waals surface area (Å²) < 4.78 is 0. The Morgan fingerprint density at radius 2 is 1.86 bits per heavy atom. The summed E-state index contributed by atoms with van der Waals surface area (Å²) >= 11 is 1.47. The Labute approximate surface area is 168 Å². The number of benzene rings is 1. The molecule has 2 aromatic rings. The van der Waals surface area contributed by atoms with Crippen LogP contribution in [0.25, 0.3) is 0 Å². The molecule has 0 aliphatic carbocycles. The number of hydrogen-bond donors (Lipinski definition) is 1. The molecule has 0 saturated carbocycles. The Kier molecular flexibility index (Phi) is 5.85. The molecule has 2 aliphatic heterocycles. The summed E-state index contributed by atoms with van der Waals surface area (Å²) in [5, 5.41) is 13.1. The van der Waals surface area contributed by atoms with Crippen molar-refractivity contribution in [2.75, 3.05) is 36.0 Å². The van der Waals surface area contributed by atoms with Crippen LogP contribution in [0.5, 0.6) is 0 Å². The lowest BCUT2D eigenvalue weighted by Gasteiger charge is -2.30. The maximum Gasteiger partial charge on any atom is 0.228 e. The minimum absolute atomic E-state index is 0.0552. The fourth-order valence-electron chi connectivity index (χ4n) is 3.75. The van der Waals surface area contributed by atoms with E-state index in [1.165, 1.54) is 16.9 Å². The number of nitrogens with one attached hydrogen (secondary N) is 1. The number of nitrogens with zero attached hydrogens (tertiary/aromatic N) is 4. The molecule has 4 rings (SSSR count). The van der Waals surface area contributed by atoms with Gasteiger partial charge in [-0.05, 0) is 31.2 Å². The molecule has 2 saturated heterocycles. The van der Waals surface area contributed by atoms with E-state index in [9.17, 15) is 9.59 Å². The summed E-state index contributed by atoms with van der Waals surface area (Å²) in [6.45, 7) is 2.99. The third-order valence-electron chi connectivity index (χ3n) is 5.40. The van der Waals surface area contributed by atoms with E-state index in [1.807, 2.05) is 18.2 Å². The van der Waals surface area contributed by atoms with Crippen LogP contribution in [0.15, 0.2) is 30.3 Å². The number of amides is 2. The highest BCUT2D eigenvalue weighted by Gasteiger charge is 2.29. The minimum Gasteiger partial charge on any atom is -0.356 e. The lowest BCUT2D eigenvalue weighted by Crippen LogP contribution is -2.41. The van der Waals surface area contributed by atoms with E-state index in [2.05, 4.69) is 32.5 Å². The van der Waals surface area contributed by atoms with Gasteiger partial charge in [0, 0.05) is 38.5 Å². The van der Waals surface area contributed by atoms with Crippen molar-refractivity contribution in [3.8, 4) is 0 Å². The highest BCUT2D eigenvalue weighted by atomic mass is 32.1. The number of aromatic nitrogens is 2. The van der Waals surface area contributed by atoms with E-state index in [4.69, 9.17) is 0 Å². The zero-order valence-electron chi connectivity index (χ0n) is 15.8. The fraction of sp³-hybridized carbons (Fsp3) is 0.500. The van der Waals surface area contributed by atoms with Crippen LogP contribution in [0, 0.1) is 5.92 Å². The first-order valence-electron chi connectivity index (χ1n) is 9.91. The van der Waals surface area contributed by atoms with Crippen LogP contribution in [0.2, 0.25) is 0 Å². The number of piperidine rings is 1. The van der Waals surface area contributed by atoms with Gasteiger partial charge in [0.25, 0.3) is 0 Å². The van der Waals surface area contributed by atoms with Crippen molar-refractivity contribution in [1.29, 1.82) is 0 Å². The summed E-state index contributed by atoms with van der Waals surface area (Å²) in [6.07, 6.45) is 3.97. The van der Waals surface area contributed by atoms with Crippen molar-refractivity contribution >= 4 is 33.4 Å². The molecule has 3 heterocycles. The zero-order valence-corrected chi connectivity index (χ0v) is 16.7. The molecule has 0 radical (unpaired) electrons. The second-order valence-corrected chi connectivity index (χ2v) is 8.24. The molecule has 2 fully saturated rings. The minimum atomic E-state index is 0.0552. The van der Waals surface area contributed by atoms with Crippen molar-refractivity contribution < 1.29 is 9.59 Å². The number of rotatable bonds is 6. The smallest absolute Gasteiger partial charge is 0.228 e. The van der Waals surface area contributed by atoms with Gasteiger partial charge in [-0.15, -0.1) is 10.2 Å². The van der Waals surface area contributed by atoms with Crippen LogP contribution in [0.3, 0.4) is 0 Å². The normalized spacial score (nSPS) is 17.9. The van der Waals surface area contributed by atoms with Gasteiger partial charge in [-0.25, -0.2) is 0 Å². The first-order chi connectivity index (χ1) is 13.7. The van der Waals surface area contributed by atoms with E-state index in [-0.39, 0.29) is 17.7 Å². The van der Waals surface area contributed by atoms with Crippen LogP contribution in [0.4, 0.5) is 10.3 Å².